The molecule has 0 fully saturated rings. The zero-order valence-electron chi connectivity index (χ0n) is 13.8. The van der Waals surface area contributed by atoms with Crippen LogP contribution in [0.15, 0.2) is 52.2 Å². The number of carbonyl (C=O) groups excluding carboxylic acids is 1. The lowest BCUT2D eigenvalue weighted by atomic mass is 10.2. The third kappa shape index (κ3) is 2.80. The molecule has 0 aliphatic heterocycles. The van der Waals surface area contributed by atoms with Crippen molar-refractivity contribution in [1.82, 2.24) is 19.7 Å². The summed E-state index contributed by atoms with van der Waals surface area (Å²) in [5.41, 5.74) is 2.66. The number of nitrogens with zero attached hydrogens (tertiary/aromatic N) is 4. The number of hydrogen-bond acceptors (Lipinski definition) is 6. The number of aromatic nitrogens is 4. The molecule has 0 aliphatic carbocycles. The third-order valence-corrected chi connectivity index (χ3v) is 4.78. The smallest absolute Gasteiger partial charge is 0.211 e. The van der Waals surface area contributed by atoms with Crippen molar-refractivity contribution in [3.63, 3.8) is 0 Å². The van der Waals surface area contributed by atoms with Crippen LogP contribution in [0.25, 0.3) is 22.1 Å². The number of furan rings is 1. The van der Waals surface area contributed by atoms with Crippen molar-refractivity contribution in [3.05, 3.63) is 48.4 Å². The van der Waals surface area contributed by atoms with Crippen LogP contribution in [0.3, 0.4) is 0 Å². The summed E-state index contributed by atoms with van der Waals surface area (Å²) in [5.74, 6) is 0.462. The summed E-state index contributed by atoms with van der Waals surface area (Å²) in [4.78, 5) is 16.7. The fraction of sp³-hybridized carbons (Fsp3) is 0.222. The average molecular weight is 352 g/mol. The molecule has 0 N–H and O–H groups in total. The van der Waals surface area contributed by atoms with Crippen molar-refractivity contribution in [3.8, 4) is 0 Å². The molecule has 0 bridgehead atoms. The maximum Gasteiger partial charge on any atom is 0.211 e. The number of hydrogen-bond donors (Lipinski definition) is 0. The summed E-state index contributed by atoms with van der Waals surface area (Å²) >= 11 is 1.26. The number of carbonyl (C=O) groups is 1. The summed E-state index contributed by atoms with van der Waals surface area (Å²) in [6.07, 6.45) is 1.49. The van der Waals surface area contributed by atoms with E-state index in [0.717, 1.165) is 22.1 Å². The normalized spacial score (nSPS) is 11.6. The monoisotopic (exact) mass is 352 g/mol. The Morgan fingerprint density at radius 3 is 2.80 bits per heavy atom. The lowest BCUT2D eigenvalue weighted by Crippen LogP contribution is -2.05. The Hall–Kier alpha value is -2.67. The van der Waals surface area contributed by atoms with E-state index in [1.54, 1.807) is 12.1 Å². The second-order valence-corrected chi connectivity index (χ2v) is 6.88. The highest BCUT2D eigenvalue weighted by molar-refractivity contribution is 7.99. The molecule has 3 heterocycles. The van der Waals surface area contributed by atoms with Crippen LogP contribution in [0.1, 0.15) is 30.4 Å². The number of rotatable bonds is 5. The molecule has 0 radical (unpaired) electrons. The molecule has 0 atom stereocenters. The SMILES string of the molecule is CC(C)n1c2ccccc2c2nnc(SCC(=O)c3ccco3)nc21. The van der Waals surface area contributed by atoms with Gasteiger partial charge < -0.3 is 8.98 Å². The van der Waals surface area contributed by atoms with E-state index in [4.69, 9.17) is 4.42 Å². The molecular formula is C18H16N4O2S. The Bertz CT molecular complexity index is 1050. The molecule has 0 amide bonds. The van der Waals surface area contributed by atoms with E-state index in [-0.39, 0.29) is 17.6 Å². The van der Waals surface area contributed by atoms with Crippen LogP contribution in [0, 0.1) is 0 Å². The first-order chi connectivity index (χ1) is 12.1. The van der Waals surface area contributed by atoms with Gasteiger partial charge in [-0.25, -0.2) is 4.98 Å². The lowest BCUT2D eigenvalue weighted by Gasteiger charge is -2.10. The number of para-hydroxylation sites is 1. The summed E-state index contributed by atoms with van der Waals surface area (Å²) in [7, 11) is 0. The Morgan fingerprint density at radius 1 is 1.20 bits per heavy atom. The van der Waals surface area contributed by atoms with E-state index in [1.807, 2.05) is 18.2 Å². The Labute approximate surface area is 148 Å². The van der Waals surface area contributed by atoms with Crippen LogP contribution in [0.4, 0.5) is 0 Å². The number of thioether (sulfide) groups is 1. The molecule has 0 aliphatic rings. The lowest BCUT2D eigenvalue weighted by molar-refractivity contribution is 0.0992. The summed E-state index contributed by atoms with van der Waals surface area (Å²) in [6.45, 7) is 4.22. The van der Waals surface area contributed by atoms with Crippen LogP contribution >= 0.6 is 11.8 Å². The molecule has 4 rings (SSSR count). The van der Waals surface area contributed by atoms with E-state index in [2.05, 4.69) is 39.7 Å². The minimum absolute atomic E-state index is 0.0944. The minimum atomic E-state index is -0.0944. The van der Waals surface area contributed by atoms with Crippen LogP contribution in [0.5, 0.6) is 0 Å². The highest BCUT2D eigenvalue weighted by Crippen LogP contribution is 2.29. The standard InChI is InChI=1S/C18H16N4O2S/c1-11(2)22-13-7-4-3-6-12(13)16-17(22)19-18(21-20-16)25-10-14(23)15-8-5-9-24-15/h3-9,11H,10H2,1-2H3. The van der Waals surface area contributed by atoms with E-state index in [9.17, 15) is 4.79 Å². The van der Waals surface area contributed by atoms with Crippen molar-refractivity contribution in [2.45, 2.75) is 25.0 Å². The Balaban J connectivity index is 1.71. The maximum absolute atomic E-state index is 12.1. The van der Waals surface area contributed by atoms with Gasteiger partial charge in [0, 0.05) is 11.4 Å². The molecule has 126 valence electrons. The summed E-state index contributed by atoms with van der Waals surface area (Å²) in [6, 6.07) is 11.7. The van der Waals surface area contributed by atoms with Crippen molar-refractivity contribution < 1.29 is 9.21 Å². The zero-order valence-corrected chi connectivity index (χ0v) is 14.7. The van der Waals surface area contributed by atoms with Gasteiger partial charge in [-0.3, -0.25) is 4.79 Å². The molecule has 1 aromatic carbocycles. The van der Waals surface area contributed by atoms with Crippen molar-refractivity contribution in [2.75, 3.05) is 5.75 Å². The van der Waals surface area contributed by atoms with Gasteiger partial charge in [0.15, 0.2) is 11.4 Å². The molecule has 0 saturated carbocycles. The Morgan fingerprint density at radius 2 is 2.04 bits per heavy atom. The largest absolute Gasteiger partial charge is 0.461 e. The molecule has 4 aromatic rings. The van der Waals surface area contributed by atoms with Crippen LogP contribution in [-0.2, 0) is 0 Å². The molecule has 6 nitrogen and oxygen atoms in total. The van der Waals surface area contributed by atoms with Crippen LogP contribution in [-0.4, -0.2) is 31.3 Å². The predicted octanol–water partition coefficient (Wildman–Crippen LogP) is 4.13. The van der Waals surface area contributed by atoms with Gasteiger partial charge in [0.1, 0.15) is 5.52 Å². The quantitative estimate of drug-likeness (QED) is 0.397. The van der Waals surface area contributed by atoms with E-state index in [1.165, 1.54) is 18.0 Å². The van der Waals surface area contributed by atoms with Crippen molar-refractivity contribution in [1.29, 1.82) is 0 Å². The van der Waals surface area contributed by atoms with Crippen LogP contribution in [0.2, 0.25) is 0 Å². The second-order valence-electron chi connectivity index (χ2n) is 5.94. The van der Waals surface area contributed by atoms with E-state index in [0.29, 0.717) is 10.9 Å². The minimum Gasteiger partial charge on any atom is -0.461 e. The van der Waals surface area contributed by atoms with Crippen molar-refractivity contribution in [2.24, 2.45) is 0 Å². The first kappa shape index (κ1) is 15.8. The Kier molecular flexibility index (Phi) is 4.01. The molecule has 3 aromatic heterocycles. The van der Waals surface area contributed by atoms with Crippen LogP contribution < -0.4 is 0 Å². The highest BCUT2D eigenvalue weighted by atomic mass is 32.2. The topological polar surface area (TPSA) is 73.8 Å². The van der Waals surface area contributed by atoms with Gasteiger partial charge in [0.25, 0.3) is 0 Å². The third-order valence-electron chi connectivity index (χ3n) is 3.94. The average Bonchev–Trinajstić information content (AvgIpc) is 3.25. The van der Waals surface area contributed by atoms with Gasteiger partial charge in [-0.15, -0.1) is 10.2 Å². The molecule has 0 spiro atoms. The second kappa shape index (κ2) is 6.33. The predicted molar refractivity (Wildman–Crippen MR) is 97.0 cm³/mol. The molecule has 0 unspecified atom stereocenters. The molecule has 25 heavy (non-hydrogen) atoms. The van der Waals surface area contributed by atoms with E-state index < -0.39 is 0 Å². The molecule has 7 heteroatoms. The van der Waals surface area contributed by atoms with Gasteiger partial charge in [-0.05, 0) is 32.0 Å². The highest BCUT2D eigenvalue weighted by Gasteiger charge is 2.17. The number of Topliss-reactive ketones (excluding diaryl/α,β-unsaturated/α-hetero) is 1. The summed E-state index contributed by atoms with van der Waals surface area (Å²) in [5, 5.41) is 10.1. The van der Waals surface area contributed by atoms with E-state index >= 15 is 0 Å². The molecular weight excluding hydrogens is 336 g/mol. The van der Waals surface area contributed by atoms with Gasteiger partial charge in [0.2, 0.25) is 10.9 Å². The first-order valence-corrected chi connectivity index (χ1v) is 8.96. The number of ketones is 1. The number of fused-ring (bicyclic) bond motifs is 3. The first-order valence-electron chi connectivity index (χ1n) is 7.98. The van der Waals surface area contributed by atoms with Gasteiger partial charge >= 0.3 is 0 Å². The molecule has 0 saturated heterocycles. The zero-order chi connectivity index (χ0) is 17.4. The fourth-order valence-corrected chi connectivity index (χ4v) is 3.52. The van der Waals surface area contributed by atoms with Crippen molar-refractivity contribution >= 4 is 39.6 Å². The summed E-state index contributed by atoms with van der Waals surface area (Å²) < 4.78 is 7.27. The van der Waals surface area contributed by atoms with Gasteiger partial charge in [-0.2, -0.15) is 0 Å². The fourth-order valence-electron chi connectivity index (χ4n) is 2.87. The van der Waals surface area contributed by atoms with Gasteiger partial charge in [-0.1, -0.05) is 30.0 Å². The number of benzene rings is 1. The maximum atomic E-state index is 12.1. The van der Waals surface area contributed by atoms with Gasteiger partial charge in [0.05, 0.1) is 17.5 Å².